The number of halogens is 1. The number of rotatable bonds is 5. The maximum atomic E-state index is 5.49. The van der Waals surface area contributed by atoms with E-state index in [0.717, 1.165) is 28.5 Å². The lowest BCUT2D eigenvalue weighted by Crippen LogP contribution is -2.18. The topological polar surface area (TPSA) is 52.5 Å². The average Bonchev–Trinajstić information content (AvgIpc) is 3.16. The first kappa shape index (κ1) is 16.5. The van der Waals surface area contributed by atoms with Crippen LogP contribution in [0.25, 0.3) is 11.5 Å². The number of methoxy groups -OCH3 is 1. The third kappa shape index (κ3) is 3.65. The van der Waals surface area contributed by atoms with E-state index >= 15 is 0 Å². The number of pyridine rings is 1. The molecule has 0 saturated carbocycles. The van der Waals surface area contributed by atoms with Gasteiger partial charge in [0, 0.05) is 25.2 Å². The molecule has 0 N–H and O–H groups in total. The van der Waals surface area contributed by atoms with E-state index in [0.29, 0.717) is 6.61 Å². The third-order valence-electron chi connectivity index (χ3n) is 2.96. The molecule has 7 heteroatoms. The van der Waals surface area contributed by atoms with Crippen LogP contribution < -0.4 is 4.80 Å². The fourth-order valence-corrected chi connectivity index (χ4v) is 2.91. The summed E-state index contributed by atoms with van der Waals surface area (Å²) in [5.74, 6) is 0.829. The van der Waals surface area contributed by atoms with Crippen molar-refractivity contribution in [3.8, 4) is 11.5 Å². The van der Waals surface area contributed by atoms with Crippen molar-refractivity contribution in [3.05, 3.63) is 53.1 Å². The molecule has 0 radical (unpaired) electrons. The molecule has 0 bridgehead atoms. The summed E-state index contributed by atoms with van der Waals surface area (Å²) in [6.07, 6.45) is 5.15. The zero-order valence-corrected chi connectivity index (χ0v) is 13.6. The van der Waals surface area contributed by atoms with Crippen molar-refractivity contribution < 1.29 is 9.15 Å². The van der Waals surface area contributed by atoms with Gasteiger partial charge in [0.1, 0.15) is 0 Å². The van der Waals surface area contributed by atoms with Crippen LogP contribution in [0.3, 0.4) is 0 Å². The summed E-state index contributed by atoms with van der Waals surface area (Å²) in [6, 6.07) is 7.63. The Labute approximate surface area is 138 Å². The molecule has 0 spiro atoms. The van der Waals surface area contributed by atoms with Crippen LogP contribution in [0.1, 0.15) is 0 Å². The largest absolute Gasteiger partial charge is 0.463 e. The highest BCUT2D eigenvalue weighted by Crippen LogP contribution is 2.21. The number of aromatic nitrogens is 2. The van der Waals surface area contributed by atoms with Crippen LogP contribution in [0, 0.1) is 0 Å². The monoisotopic (exact) mass is 337 g/mol. The van der Waals surface area contributed by atoms with E-state index in [9.17, 15) is 0 Å². The van der Waals surface area contributed by atoms with E-state index in [4.69, 9.17) is 9.15 Å². The van der Waals surface area contributed by atoms with Gasteiger partial charge < -0.3 is 13.7 Å². The molecule has 3 rings (SSSR count). The first-order chi connectivity index (χ1) is 10.4. The third-order valence-corrected chi connectivity index (χ3v) is 3.82. The molecule has 116 valence electrons. The van der Waals surface area contributed by atoms with Gasteiger partial charge in [-0.2, -0.15) is 0 Å². The van der Waals surface area contributed by atoms with Crippen molar-refractivity contribution in [1.82, 2.24) is 9.55 Å². The van der Waals surface area contributed by atoms with Crippen molar-refractivity contribution in [2.24, 2.45) is 4.99 Å². The van der Waals surface area contributed by atoms with Crippen LogP contribution in [0.4, 0.5) is 5.69 Å². The minimum Gasteiger partial charge on any atom is -0.463 e. The molecule has 0 aromatic carbocycles. The molecule has 0 aliphatic carbocycles. The fourth-order valence-electron chi connectivity index (χ4n) is 1.97. The van der Waals surface area contributed by atoms with Crippen molar-refractivity contribution in [3.63, 3.8) is 0 Å². The summed E-state index contributed by atoms with van der Waals surface area (Å²) in [7, 11) is 1.69. The zero-order valence-electron chi connectivity index (χ0n) is 12.0. The molecule has 0 aliphatic heterocycles. The molecule has 3 aromatic rings. The second-order valence-electron chi connectivity index (χ2n) is 4.35. The average molecular weight is 338 g/mol. The number of hydrogen-bond acceptors (Lipinski definition) is 5. The van der Waals surface area contributed by atoms with Crippen LogP contribution in [0.15, 0.2) is 57.7 Å². The lowest BCUT2D eigenvalue weighted by molar-refractivity contribution is 0.187. The Morgan fingerprint density at radius 3 is 2.95 bits per heavy atom. The molecule has 22 heavy (non-hydrogen) atoms. The Hall–Kier alpha value is -1.89. The van der Waals surface area contributed by atoms with Gasteiger partial charge in [0.15, 0.2) is 10.6 Å². The second kappa shape index (κ2) is 7.93. The van der Waals surface area contributed by atoms with Crippen LogP contribution in [0.2, 0.25) is 0 Å². The van der Waals surface area contributed by atoms with Crippen molar-refractivity contribution >= 4 is 29.4 Å². The van der Waals surface area contributed by atoms with E-state index in [2.05, 4.69) is 14.5 Å². The minimum absolute atomic E-state index is 0. The van der Waals surface area contributed by atoms with Gasteiger partial charge in [-0.05, 0) is 24.3 Å². The van der Waals surface area contributed by atoms with Gasteiger partial charge in [-0.1, -0.05) is 0 Å². The standard InChI is InChI=1S/C15H15N3O2S.ClH/c1-19-9-7-18-13(14-5-3-8-20-14)11-21-15(18)17-12-4-2-6-16-10-12;/h2-6,8,10-11H,7,9H2,1H3;1H. The molecule has 0 atom stereocenters. The summed E-state index contributed by atoms with van der Waals surface area (Å²) in [4.78, 5) is 9.63. The number of nitrogens with zero attached hydrogens (tertiary/aromatic N) is 3. The number of thiazole rings is 1. The normalized spacial score (nSPS) is 11.4. The molecule has 0 unspecified atom stereocenters. The summed E-state index contributed by atoms with van der Waals surface area (Å²) >= 11 is 1.57. The lowest BCUT2D eigenvalue weighted by atomic mass is 10.3. The van der Waals surface area contributed by atoms with Crippen molar-refractivity contribution in [1.29, 1.82) is 0 Å². The summed E-state index contributed by atoms with van der Waals surface area (Å²) in [6.45, 7) is 1.33. The molecule has 0 aliphatic rings. The highest BCUT2D eigenvalue weighted by Gasteiger charge is 2.10. The zero-order chi connectivity index (χ0) is 14.5. The van der Waals surface area contributed by atoms with Gasteiger partial charge >= 0.3 is 0 Å². The Morgan fingerprint density at radius 2 is 2.27 bits per heavy atom. The summed E-state index contributed by atoms with van der Waals surface area (Å²) in [5.41, 5.74) is 1.83. The first-order valence-corrected chi connectivity index (χ1v) is 7.42. The molecule has 5 nitrogen and oxygen atoms in total. The van der Waals surface area contributed by atoms with Crippen LogP contribution >= 0.6 is 23.7 Å². The molecule has 3 aromatic heterocycles. The van der Waals surface area contributed by atoms with E-state index in [-0.39, 0.29) is 12.4 Å². The smallest absolute Gasteiger partial charge is 0.190 e. The van der Waals surface area contributed by atoms with Gasteiger partial charge in [0.05, 0.1) is 30.4 Å². The number of hydrogen-bond donors (Lipinski definition) is 0. The summed E-state index contributed by atoms with van der Waals surface area (Å²) < 4.78 is 12.8. The predicted octanol–water partition coefficient (Wildman–Crippen LogP) is 3.51. The van der Waals surface area contributed by atoms with Crippen LogP contribution in [-0.4, -0.2) is 23.3 Å². The maximum absolute atomic E-state index is 5.49. The number of furan rings is 1. The van der Waals surface area contributed by atoms with Gasteiger partial charge in [0.25, 0.3) is 0 Å². The molecule has 0 saturated heterocycles. The highest BCUT2D eigenvalue weighted by atomic mass is 35.5. The molecule has 3 heterocycles. The van der Waals surface area contributed by atoms with Gasteiger partial charge in [-0.15, -0.1) is 23.7 Å². The Bertz CT molecular complexity index is 751. The Kier molecular flexibility index (Phi) is 5.94. The maximum Gasteiger partial charge on any atom is 0.190 e. The first-order valence-electron chi connectivity index (χ1n) is 6.54. The van der Waals surface area contributed by atoms with Crippen LogP contribution in [-0.2, 0) is 11.3 Å². The van der Waals surface area contributed by atoms with Gasteiger partial charge in [-0.25, -0.2) is 4.99 Å². The van der Waals surface area contributed by atoms with E-state index in [1.807, 2.05) is 29.6 Å². The molecular formula is C15H16ClN3O2S. The fraction of sp³-hybridized carbons (Fsp3) is 0.200. The number of ether oxygens (including phenoxy) is 1. The predicted molar refractivity (Wildman–Crippen MR) is 88.6 cm³/mol. The molecule has 0 amide bonds. The van der Waals surface area contributed by atoms with Gasteiger partial charge in [0.2, 0.25) is 0 Å². The molecule has 0 fully saturated rings. The van der Waals surface area contributed by atoms with E-state index < -0.39 is 0 Å². The minimum atomic E-state index is 0. The quantitative estimate of drug-likeness (QED) is 0.716. The Balaban J connectivity index is 0.00000176. The van der Waals surface area contributed by atoms with Crippen molar-refractivity contribution in [2.75, 3.05) is 13.7 Å². The second-order valence-corrected chi connectivity index (χ2v) is 5.18. The van der Waals surface area contributed by atoms with Gasteiger partial charge in [-0.3, -0.25) is 4.98 Å². The van der Waals surface area contributed by atoms with E-state index in [1.54, 1.807) is 37.1 Å². The SMILES string of the molecule is COCCn1c(-c2ccco2)csc1=Nc1cccnc1.Cl. The van der Waals surface area contributed by atoms with E-state index in [1.165, 1.54) is 0 Å². The summed E-state index contributed by atoms with van der Waals surface area (Å²) in [5, 5.41) is 2.05. The highest BCUT2D eigenvalue weighted by molar-refractivity contribution is 7.07. The van der Waals surface area contributed by atoms with Crippen LogP contribution in [0.5, 0.6) is 0 Å². The Morgan fingerprint density at radius 1 is 1.36 bits per heavy atom. The molecular weight excluding hydrogens is 322 g/mol. The van der Waals surface area contributed by atoms with Crippen molar-refractivity contribution in [2.45, 2.75) is 6.54 Å². The lowest BCUT2D eigenvalue weighted by Gasteiger charge is -2.06.